The SMILES string of the molecule is Cc1ccc(C)c(OCCCSCCN)c1. The van der Waals surface area contributed by atoms with Gasteiger partial charge in [0.05, 0.1) is 6.61 Å². The number of thioether (sulfide) groups is 1. The number of aryl methyl sites for hydroxylation is 2. The molecule has 0 radical (unpaired) electrons. The van der Waals surface area contributed by atoms with E-state index in [4.69, 9.17) is 10.5 Å². The van der Waals surface area contributed by atoms with Gasteiger partial charge in [0.1, 0.15) is 5.75 Å². The van der Waals surface area contributed by atoms with Crippen molar-refractivity contribution in [1.29, 1.82) is 0 Å². The van der Waals surface area contributed by atoms with Crippen LogP contribution in [0.4, 0.5) is 0 Å². The minimum Gasteiger partial charge on any atom is -0.493 e. The van der Waals surface area contributed by atoms with Crippen molar-refractivity contribution in [2.75, 3.05) is 24.7 Å². The Balaban J connectivity index is 2.23. The Hall–Kier alpha value is -0.670. The van der Waals surface area contributed by atoms with Crippen molar-refractivity contribution in [3.8, 4) is 5.75 Å². The van der Waals surface area contributed by atoms with Gasteiger partial charge < -0.3 is 10.5 Å². The third kappa shape index (κ3) is 4.90. The van der Waals surface area contributed by atoms with Crippen molar-refractivity contribution in [2.45, 2.75) is 20.3 Å². The van der Waals surface area contributed by atoms with E-state index in [2.05, 4.69) is 32.0 Å². The van der Waals surface area contributed by atoms with Gasteiger partial charge in [-0.1, -0.05) is 12.1 Å². The third-order valence-electron chi connectivity index (χ3n) is 2.30. The van der Waals surface area contributed by atoms with E-state index in [0.29, 0.717) is 0 Å². The molecule has 0 atom stereocenters. The molecular weight excluding hydrogens is 218 g/mol. The summed E-state index contributed by atoms with van der Waals surface area (Å²) in [7, 11) is 0. The van der Waals surface area contributed by atoms with Crippen molar-refractivity contribution in [3.05, 3.63) is 29.3 Å². The Morgan fingerprint density at radius 3 is 2.81 bits per heavy atom. The molecule has 1 aromatic rings. The minimum atomic E-state index is 0.766. The van der Waals surface area contributed by atoms with Gasteiger partial charge in [-0.05, 0) is 43.2 Å². The van der Waals surface area contributed by atoms with Gasteiger partial charge >= 0.3 is 0 Å². The van der Waals surface area contributed by atoms with E-state index < -0.39 is 0 Å². The maximum Gasteiger partial charge on any atom is 0.122 e. The normalized spacial score (nSPS) is 10.4. The summed E-state index contributed by atoms with van der Waals surface area (Å²) in [6, 6.07) is 6.31. The van der Waals surface area contributed by atoms with E-state index in [1.165, 1.54) is 11.1 Å². The lowest BCUT2D eigenvalue weighted by Crippen LogP contribution is -2.04. The fraction of sp³-hybridized carbons (Fsp3) is 0.538. The second kappa shape index (κ2) is 7.58. The van der Waals surface area contributed by atoms with Gasteiger partial charge in [0.2, 0.25) is 0 Å². The number of rotatable bonds is 7. The highest BCUT2D eigenvalue weighted by atomic mass is 32.2. The molecule has 1 rings (SSSR count). The number of benzene rings is 1. The molecule has 0 heterocycles. The van der Waals surface area contributed by atoms with Gasteiger partial charge in [-0.25, -0.2) is 0 Å². The molecule has 0 fully saturated rings. The van der Waals surface area contributed by atoms with Gasteiger partial charge in [-0.3, -0.25) is 0 Å². The second-order valence-electron chi connectivity index (χ2n) is 3.87. The van der Waals surface area contributed by atoms with E-state index in [1.54, 1.807) is 0 Å². The molecule has 2 N–H and O–H groups in total. The third-order valence-corrected chi connectivity index (χ3v) is 3.40. The van der Waals surface area contributed by atoms with Crippen LogP contribution in [0.5, 0.6) is 5.75 Å². The first-order chi connectivity index (χ1) is 7.74. The molecular formula is C13H21NOS. The van der Waals surface area contributed by atoms with Gasteiger partial charge in [0.15, 0.2) is 0 Å². The molecule has 0 unspecified atom stereocenters. The molecule has 90 valence electrons. The van der Waals surface area contributed by atoms with Crippen LogP contribution in [0.3, 0.4) is 0 Å². The molecule has 0 aromatic heterocycles. The van der Waals surface area contributed by atoms with Crippen LogP contribution in [0.15, 0.2) is 18.2 Å². The lowest BCUT2D eigenvalue weighted by molar-refractivity contribution is 0.316. The smallest absolute Gasteiger partial charge is 0.122 e. The molecule has 0 aliphatic carbocycles. The lowest BCUT2D eigenvalue weighted by Gasteiger charge is -2.09. The number of nitrogens with two attached hydrogens (primary N) is 1. The number of ether oxygens (including phenoxy) is 1. The molecule has 3 heteroatoms. The van der Waals surface area contributed by atoms with Crippen LogP contribution in [-0.2, 0) is 0 Å². The summed E-state index contributed by atoms with van der Waals surface area (Å²) in [5, 5.41) is 0. The van der Waals surface area contributed by atoms with E-state index in [-0.39, 0.29) is 0 Å². The van der Waals surface area contributed by atoms with Crippen LogP contribution in [0.1, 0.15) is 17.5 Å². The van der Waals surface area contributed by atoms with E-state index in [1.807, 2.05) is 11.8 Å². The van der Waals surface area contributed by atoms with E-state index in [0.717, 1.165) is 36.8 Å². The lowest BCUT2D eigenvalue weighted by atomic mass is 10.1. The monoisotopic (exact) mass is 239 g/mol. The molecule has 0 saturated carbocycles. The Labute approximate surface area is 103 Å². The highest BCUT2D eigenvalue weighted by Crippen LogP contribution is 2.19. The fourth-order valence-corrected chi connectivity index (χ4v) is 2.08. The van der Waals surface area contributed by atoms with Gasteiger partial charge in [0.25, 0.3) is 0 Å². The number of hydrogen-bond donors (Lipinski definition) is 1. The Morgan fingerprint density at radius 1 is 1.25 bits per heavy atom. The molecule has 0 amide bonds. The Kier molecular flexibility index (Phi) is 6.34. The topological polar surface area (TPSA) is 35.2 Å². The maximum atomic E-state index is 5.75. The molecule has 1 aromatic carbocycles. The maximum absolute atomic E-state index is 5.75. The van der Waals surface area contributed by atoms with Crippen molar-refractivity contribution < 1.29 is 4.74 Å². The van der Waals surface area contributed by atoms with Crippen LogP contribution in [0.25, 0.3) is 0 Å². The number of hydrogen-bond acceptors (Lipinski definition) is 3. The van der Waals surface area contributed by atoms with Crippen molar-refractivity contribution in [2.24, 2.45) is 5.73 Å². The van der Waals surface area contributed by atoms with Crippen LogP contribution in [0, 0.1) is 13.8 Å². The van der Waals surface area contributed by atoms with E-state index in [9.17, 15) is 0 Å². The summed E-state index contributed by atoms with van der Waals surface area (Å²) >= 11 is 1.89. The molecule has 0 bridgehead atoms. The van der Waals surface area contributed by atoms with Crippen LogP contribution < -0.4 is 10.5 Å². The minimum absolute atomic E-state index is 0.766. The average molecular weight is 239 g/mol. The standard InChI is InChI=1S/C13H21NOS/c1-11-4-5-12(2)13(10-11)15-7-3-8-16-9-6-14/h4-5,10H,3,6-9,14H2,1-2H3. The van der Waals surface area contributed by atoms with Gasteiger partial charge in [-0.2, -0.15) is 11.8 Å². The molecule has 0 saturated heterocycles. The molecule has 0 spiro atoms. The quantitative estimate of drug-likeness (QED) is 0.743. The first-order valence-electron chi connectivity index (χ1n) is 5.72. The predicted octanol–water partition coefficient (Wildman–Crippen LogP) is 2.76. The van der Waals surface area contributed by atoms with Crippen molar-refractivity contribution in [3.63, 3.8) is 0 Å². The summed E-state index contributed by atoms with van der Waals surface area (Å²) in [4.78, 5) is 0. The zero-order chi connectivity index (χ0) is 11.8. The van der Waals surface area contributed by atoms with Crippen LogP contribution in [-0.4, -0.2) is 24.7 Å². The molecule has 0 aliphatic rings. The summed E-state index contributed by atoms with van der Waals surface area (Å²) in [6.07, 6.45) is 1.08. The summed E-state index contributed by atoms with van der Waals surface area (Å²) in [6.45, 7) is 5.73. The largest absolute Gasteiger partial charge is 0.493 e. The molecule has 16 heavy (non-hydrogen) atoms. The van der Waals surface area contributed by atoms with Gasteiger partial charge in [0, 0.05) is 12.3 Å². The highest BCUT2D eigenvalue weighted by molar-refractivity contribution is 7.99. The fourth-order valence-electron chi connectivity index (χ4n) is 1.39. The zero-order valence-electron chi connectivity index (χ0n) is 10.2. The van der Waals surface area contributed by atoms with E-state index >= 15 is 0 Å². The zero-order valence-corrected chi connectivity index (χ0v) is 11.0. The predicted molar refractivity (Wildman–Crippen MR) is 72.4 cm³/mol. The van der Waals surface area contributed by atoms with Crippen LogP contribution >= 0.6 is 11.8 Å². The summed E-state index contributed by atoms with van der Waals surface area (Å²) in [5.74, 6) is 3.19. The molecule has 2 nitrogen and oxygen atoms in total. The first-order valence-corrected chi connectivity index (χ1v) is 6.87. The average Bonchev–Trinajstić information content (AvgIpc) is 2.28. The first kappa shape index (κ1) is 13.4. The van der Waals surface area contributed by atoms with Crippen molar-refractivity contribution >= 4 is 11.8 Å². The van der Waals surface area contributed by atoms with Crippen molar-refractivity contribution in [1.82, 2.24) is 0 Å². The Bertz CT molecular complexity index is 315. The Morgan fingerprint density at radius 2 is 2.06 bits per heavy atom. The van der Waals surface area contributed by atoms with Crippen LogP contribution in [0.2, 0.25) is 0 Å². The summed E-state index contributed by atoms with van der Waals surface area (Å²) in [5.41, 5.74) is 7.88. The summed E-state index contributed by atoms with van der Waals surface area (Å²) < 4.78 is 5.75. The molecule has 0 aliphatic heterocycles. The highest BCUT2D eigenvalue weighted by Gasteiger charge is 1.99. The van der Waals surface area contributed by atoms with Gasteiger partial charge in [-0.15, -0.1) is 0 Å². The second-order valence-corrected chi connectivity index (χ2v) is 5.10.